The van der Waals surface area contributed by atoms with Crippen molar-refractivity contribution < 1.29 is 9.90 Å². The largest absolute Gasteiger partial charge is 0.478 e. The molecule has 2 aromatic rings. The number of aryl methyl sites for hydroxylation is 1. The van der Waals surface area contributed by atoms with E-state index in [1.54, 1.807) is 12.1 Å². The molecule has 1 aliphatic rings. The molecule has 0 amide bonds. The van der Waals surface area contributed by atoms with E-state index in [0.29, 0.717) is 11.5 Å². The van der Waals surface area contributed by atoms with Gasteiger partial charge in [-0.3, -0.25) is 4.90 Å². The predicted octanol–water partition coefficient (Wildman–Crippen LogP) is 4.33. The Hall–Kier alpha value is -2.13. The number of nitrogens with zero attached hydrogens (tertiary/aromatic N) is 1. The number of benzene rings is 2. The van der Waals surface area contributed by atoms with E-state index in [-0.39, 0.29) is 0 Å². The number of rotatable bonds is 5. The third kappa shape index (κ3) is 4.04. The average molecular weight is 323 g/mol. The maximum Gasteiger partial charge on any atom is 0.335 e. The molecule has 1 N–H and O–H groups in total. The fourth-order valence-corrected chi connectivity index (χ4v) is 3.51. The Morgan fingerprint density at radius 3 is 2.38 bits per heavy atom. The van der Waals surface area contributed by atoms with Crippen LogP contribution in [-0.4, -0.2) is 29.1 Å². The molecule has 3 nitrogen and oxygen atoms in total. The molecule has 0 aliphatic carbocycles. The molecule has 1 aliphatic heterocycles. The summed E-state index contributed by atoms with van der Waals surface area (Å²) >= 11 is 0. The molecular weight excluding hydrogens is 298 g/mol. The molecule has 1 saturated heterocycles. The quantitative estimate of drug-likeness (QED) is 0.890. The highest BCUT2D eigenvalue weighted by molar-refractivity contribution is 5.87. The third-order valence-electron chi connectivity index (χ3n) is 4.97. The van der Waals surface area contributed by atoms with Crippen LogP contribution in [0.1, 0.15) is 52.7 Å². The maximum absolute atomic E-state index is 10.9. The molecule has 24 heavy (non-hydrogen) atoms. The third-order valence-corrected chi connectivity index (χ3v) is 4.97. The smallest absolute Gasteiger partial charge is 0.335 e. The first-order chi connectivity index (χ1) is 11.7. The van der Waals surface area contributed by atoms with Crippen LogP contribution < -0.4 is 0 Å². The van der Waals surface area contributed by atoms with Gasteiger partial charge in [-0.25, -0.2) is 4.79 Å². The van der Waals surface area contributed by atoms with Gasteiger partial charge in [0.2, 0.25) is 0 Å². The Morgan fingerprint density at radius 1 is 1.08 bits per heavy atom. The fraction of sp³-hybridized carbons (Fsp3) is 0.381. The number of piperidine rings is 1. The van der Waals surface area contributed by atoms with Gasteiger partial charge in [0.15, 0.2) is 0 Å². The minimum absolute atomic E-state index is 0.353. The molecule has 0 bridgehead atoms. The summed E-state index contributed by atoms with van der Waals surface area (Å²) in [6.07, 6.45) is 3.55. The Balaban J connectivity index is 1.63. The van der Waals surface area contributed by atoms with E-state index in [2.05, 4.69) is 36.1 Å². The van der Waals surface area contributed by atoms with Crippen LogP contribution >= 0.6 is 0 Å². The molecule has 0 radical (unpaired) electrons. The van der Waals surface area contributed by atoms with Gasteiger partial charge in [0.25, 0.3) is 0 Å². The molecule has 126 valence electrons. The molecule has 1 heterocycles. The van der Waals surface area contributed by atoms with Crippen molar-refractivity contribution in [2.45, 2.75) is 38.6 Å². The van der Waals surface area contributed by atoms with Crippen molar-refractivity contribution >= 4 is 5.97 Å². The highest BCUT2D eigenvalue weighted by Crippen LogP contribution is 2.28. The Kier molecular flexibility index (Phi) is 5.31. The lowest BCUT2D eigenvalue weighted by Crippen LogP contribution is -2.33. The summed E-state index contributed by atoms with van der Waals surface area (Å²) in [5.74, 6) is -0.266. The van der Waals surface area contributed by atoms with Crippen LogP contribution in [0.2, 0.25) is 0 Å². The van der Waals surface area contributed by atoms with Crippen LogP contribution in [0.4, 0.5) is 0 Å². The molecule has 0 saturated carbocycles. The minimum atomic E-state index is -0.866. The van der Waals surface area contributed by atoms with Crippen molar-refractivity contribution in [3.8, 4) is 0 Å². The van der Waals surface area contributed by atoms with Crippen molar-refractivity contribution in [1.82, 2.24) is 4.90 Å². The number of aromatic carboxylic acids is 1. The van der Waals surface area contributed by atoms with E-state index in [9.17, 15) is 4.79 Å². The lowest BCUT2D eigenvalue weighted by molar-refractivity contribution is 0.0697. The topological polar surface area (TPSA) is 40.5 Å². The summed E-state index contributed by atoms with van der Waals surface area (Å²) in [5.41, 5.74) is 4.37. The molecule has 3 heteroatoms. The van der Waals surface area contributed by atoms with Crippen molar-refractivity contribution in [3.05, 3.63) is 70.8 Å². The lowest BCUT2D eigenvalue weighted by Gasteiger charge is -2.33. The van der Waals surface area contributed by atoms with Crippen molar-refractivity contribution in [3.63, 3.8) is 0 Å². The number of carboxylic acids is 1. The summed E-state index contributed by atoms with van der Waals surface area (Å²) in [5, 5.41) is 8.98. The van der Waals surface area contributed by atoms with E-state index in [1.165, 1.54) is 29.5 Å². The van der Waals surface area contributed by atoms with Gasteiger partial charge in [0.1, 0.15) is 0 Å². The SMILES string of the molecule is CCc1ccc(C2CCCN(Cc3ccc(C(=O)O)cc3)C2)cc1. The second kappa shape index (κ2) is 7.63. The Morgan fingerprint density at radius 2 is 1.75 bits per heavy atom. The zero-order chi connectivity index (χ0) is 16.9. The summed E-state index contributed by atoms with van der Waals surface area (Å²) < 4.78 is 0. The number of carboxylic acid groups (broad SMARTS) is 1. The van der Waals surface area contributed by atoms with Crippen LogP contribution in [0.3, 0.4) is 0 Å². The van der Waals surface area contributed by atoms with E-state index < -0.39 is 5.97 Å². The van der Waals surface area contributed by atoms with E-state index in [1.807, 2.05) is 12.1 Å². The van der Waals surface area contributed by atoms with Gasteiger partial charge in [-0.2, -0.15) is 0 Å². The van der Waals surface area contributed by atoms with Gasteiger partial charge in [-0.15, -0.1) is 0 Å². The Bertz CT molecular complexity index is 676. The van der Waals surface area contributed by atoms with Crippen molar-refractivity contribution in [1.29, 1.82) is 0 Å². The van der Waals surface area contributed by atoms with Crippen molar-refractivity contribution in [2.24, 2.45) is 0 Å². The highest BCUT2D eigenvalue weighted by atomic mass is 16.4. The minimum Gasteiger partial charge on any atom is -0.478 e. The Labute approximate surface area is 143 Å². The van der Waals surface area contributed by atoms with E-state index in [0.717, 1.165) is 26.1 Å². The summed E-state index contributed by atoms with van der Waals surface area (Å²) in [4.78, 5) is 13.4. The van der Waals surface area contributed by atoms with E-state index in [4.69, 9.17) is 5.11 Å². The van der Waals surface area contributed by atoms with Crippen molar-refractivity contribution in [2.75, 3.05) is 13.1 Å². The number of hydrogen-bond acceptors (Lipinski definition) is 2. The highest BCUT2D eigenvalue weighted by Gasteiger charge is 2.21. The molecule has 3 rings (SSSR count). The molecule has 0 aromatic heterocycles. The number of likely N-dealkylation sites (tertiary alicyclic amines) is 1. The zero-order valence-corrected chi connectivity index (χ0v) is 14.2. The maximum atomic E-state index is 10.9. The van der Waals surface area contributed by atoms with E-state index >= 15 is 0 Å². The first-order valence-electron chi connectivity index (χ1n) is 8.79. The summed E-state index contributed by atoms with van der Waals surface area (Å²) in [6, 6.07) is 16.3. The van der Waals surface area contributed by atoms with Crippen LogP contribution in [0, 0.1) is 0 Å². The van der Waals surface area contributed by atoms with Crippen LogP contribution in [-0.2, 0) is 13.0 Å². The molecule has 1 atom stereocenters. The van der Waals surface area contributed by atoms with Gasteiger partial charge in [-0.1, -0.05) is 43.3 Å². The average Bonchev–Trinajstić information content (AvgIpc) is 2.62. The lowest BCUT2D eigenvalue weighted by atomic mass is 9.89. The molecule has 2 aromatic carbocycles. The molecular formula is C21H25NO2. The molecule has 1 fully saturated rings. The van der Waals surface area contributed by atoms with Gasteiger partial charge in [0, 0.05) is 13.1 Å². The van der Waals surface area contributed by atoms with Gasteiger partial charge in [0.05, 0.1) is 5.56 Å². The predicted molar refractivity (Wildman–Crippen MR) is 96.5 cm³/mol. The molecule has 0 spiro atoms. The van der Waals surface area contributed by atoms with Crippen LogP contribution in [0.5, 0.6) is 0 Å². The fourth-order valence-electron chi connectivity index (χ4n) is 3.51. The monoisotopic (exact) mass is 323 g/mol. The van der Waals surface area contributed by atoms with Gasteiger partial charge < -0.3 is 5.11 Å². The van der Waals surface area contributed by atoms with Gasteiger partial charge >= 0.3 is 5.97 Å². The zero-order valence-electron chi connectivity index (χ0n) is 14.2. The number of carbonyl (C=O) groups is 1. The first kappa shape index (κ1) is 16.7. The molecule has 1 unspecified atom stereocenters. The summed E-state index contributed by atoms with van der Waals surface area (Å²) in [7, 11) is 0. The number of hydrogen-bond donors (Lipinski definition) is 1. The first-order valence-corrected chi connectivity index (χ1v) is 8.79. The normalized spacial score (nSPS) is 18.5. The van der Waals surface area contributed by atoms with Gasteiger partial charge in [-0.05, 0) is 60.5 Å². The second-order valence-electron chi connectivity index (χ2n) is 6.67. The van der Waals surface area contributed by atoms with Crippen LogP contribution in [0.15, 0.2) is 48.5 Å². The summed E-state index contributed by atoms with van der Waals surface area (Å²) in [6.45, 7) is 5.27. The standard InChI is InChI=1S/C21H25NO2/c1-2-16-5-9-18(10-6-16)20-4-3-13-22(15-20)14-17-7-11-19(12-8-17)21(23)24/h5-12,20H,2-4,13-15H2,1H3,(H,23,24). The second-order valence-corrected chi connectivity index (χ2v) is 6.67. The van der Waals surface area contributed by atoms with Crippen LogP contribution in [0.25, 0.3) is 0 Å².